The van der Waals surface area contributed by atoms with E-state index in [0.29, 0.717) is 17.9 Å². The van der Waals surface area contributed by atoms with Crippen LogP contribution in [0.1, 0.15) is 36.1 Å². The molecule has 2 bridgehead atoms. The monoisotopic (exact) mass is 416 g/mol. The van der Waals surface area contributed by atoms with Gasteiger partial charge in [-0.3, -0.25) is 4.90 Å². The first-order valence-electron chi connectivity index (χ1n) is 8.57. The fourth-order valence-electron chi connectivity index (χ4n) is 3.81. The lowest BCUT2D eigenvalue weighted by atomic mass is 9.89. The summed E-state index contributed by atoms with van der Waals surface area (Å²) < 4.78 is 12.8. The van der Waals surface area contributed by atoms with Crippen molar-refractivity contribution in [3.63, 3.8) is 0 Å². The molecule has 2 amide bonds. The van der Waals surface area contributed by atoms with Gasteiger partial charge >= 0.3 is 6.03 Å². The molecule has 2 aromatic rings. The predicted molar refractivity (Wildman–Crippen MR) is 104 cm³/mol. The Morgan fingerprint density at radius 2 is 2.04 bits per heavy atom. The molecule has 2 aliphatic heterocycles. The second-order valence-electron chi connectivity index (χ2n) is 7.11. The van der Waals surface area contributed by atoms with Crippen molar-refractivity contribution in [1.82, 2.24) is 5.32 Å². The van der Waals surface area contributed by atoms with E-state index in [1.807, 2.05) is 44.2 Å². The van der Waals surface area contributed by atoms with Crippen molar-refractivity contribution in [2.24, 2.45) is 0 Å². The molecule has 5 nitrogen and oxygen atoms in total. The van der Waals surface area contributed by atoms with Crippen LogP contribution in [-0.4, -0.2) is 18.9 Å². The zero-order chi connectivity index (χ0) is 18.6. The van der Waals surface area contributed by atoms with Gasteiger partial charge < -0.3 is 14.8 Å². The second-order valence-corrected chi connectivity index (χ2v) is 8.03. The van der Waals surface area contributed by atoms with Gasteiger partial charge in [-0.25, -0.2) is 4.79 Å². The number of halogens is 1. The third-order valence-corrected chi connectivity index (χ3v) is 5.73. The van der Waals surface area contributed by atoms with Crippen LogP contribution in [-0.2, 0) is 0 Å². The first kappa shape index (κ1) is 17.2. The topological polar surface area (TPSA) is 50.8 Å². The van der Waals surface area contributed by atoms with E-state index >= 15 is 0 Å². The van der Waals surface area contributed by atoms with Gasteiger partial charge in [0.15, 0.2) is 17.2 Å². The van der Waals surface area contributed by atoms with E-state index in [0.717, 1.165) is 21.3 Å². The fourth-order valence-corrected chi connectivity index (χ4v) is 4.26. The molecule has 2 atom stereocenters. The SMILES string of the molecule is COc1cc(Br)cc2c1O[C@@]1(C)C[C@@H]2NC(=O)N1c1ccc(C)c(C)c1. The van der Waals surface area contributed by atoms with E-state index < -0.39 is 5.72 Å². The van der Waals surface area contributed by atoms with Crippen LogP contribution in [0.2, 0.25) is 0 Å². The minimum Gasteiger partial charge on any atom is -0.493 e. The molecular weight excluding hydrogens is 396 g/mol. The highest BCUT2D eigenvalue weighted by atomic mass is 79.9. The fraction of sp³-hybridized carbons (Fsp3) is 0.350. The molecule has 1 saturated heterocycles. The van der Waals surface area contributed by atoms with E-state index in [-0.39, 0.29) is 12.1 Å². The summed E-state index contributed by atoms with van der Waals surface area (Å²) in [7, 11) is 1.62. The van der Waals surface area contributed by atoms with Gasteiger partial charge in [0.1, 0.15) is 0 Å². The van der Waals surface area contributed by atoms with Crippen molar-refractivity contribution in [3.05, 3.63) is 51.5 Å². The maximum Gasteiger partial charge on any atom is 0.325 e. The summed E-state index contributed by atoms with van der Waals surface area (Å²) in [4.78, 5) is 14.7. The first-order valence-corrected chi connectivity index (χ1v) is 9.36. The number of fused-ring (bicyclic) bond motifs is 4. The van der Waals surface area contributed by atoms with Crippen LogP contribution in [0, 0.1) is 13.8 Å². The quantitative estimate of drug-likeness (QED) is 0.761. The molecule has 0 unspecified atom stereocenters. The number of carbonyl (C=O) groups excluding carboxylic acids is 1. The molecule has 136 valence electrons. The van der Waals surface area contributed by atoms with Crippen molar-refractivity contribution in [2.75, 3.05) is 12.0 Å². The molecule has 26 heavy (non-hydrogen) atoms. The number of methoxy groups -OCH3 is 1. The van der Waals surface area contributed by atoms with E-state index in [1.54, 1.807) is 12.0 Å². The molecule has 2 aromatic carbocycles. The smallest absolute Gasteiger partial charge is 0.325 e. The summed E-state index contributed by atoms with van der Waals surface area (Å²) >= 11 is 3.51. The number of anilines is 1. The van der Waals surface area contributed by atoms with Gasteiger partial charge in [0.05, 0.1) is 13.2 Å². The number of hydrogen-bond donors (Lipinski definition) is 1. The molecule has 0 saturated carbocycles. The highest BCUT2D eigenvalue weighted by Crippen LogP contribution is 2.50. The lowest BCUT2D eigenvalue weighted by Crippen LogP contribution is -2.65. The van der Waals surface area contributed by atoms with Crippen LogP contribution in [0.15, 0.2) is 34.8 Å². The summed E-state index contributed by atoms with van der Waals surface area (Å²) in [6.45, 7) is 6.06. The molecule has 0 spiro atoms. The summed E-state index contributed by atoms with van der Waals surface area (Å²) in [6.07, 6.45) is 0.651. The number of rotatable bonds is 2. The summed E-state index contributed by atoms with van der Waals surface area (Å²) in [5.74, 6) is 1.34. The van der Waals surface area contributed by atoms with E-state index in [2.05, 4.69) is 28.2 Å². The number of nitrogens with zero attached hydrogens (tertiary/aromatic N) is 1. The number of carbonyl (C=O) groups is 1. The van der Waals surface area contributed by atoms with Crippen LogP contribution >= 0.6 is 15.9 Å². The standard InChI is InChI=1S/C20H21BrN2O3/c1-11-5-6-14(7-12(11)2)23-19(24)22-16-10-20(23,3)26-18-15(16)8-13(21)9-17(18)25-4/h5-9,16H,10H2,1-4H3,(H,22,24)/t16-,20-/m0/s1. The zero-order valence-electron chi connectivity index (χ0n) is 15.2. The molecule has 0 radical (unpaired) electrons. The number of hydrogen-bond acceptors (Lipinski definition) is 3. The van der Waals surface area contributed by atoms with Gasteiger partial charge in [-0.05, 0) is 56.2 Å². The normalized spacial score (nSPS) is 23.8. The molecule has 0 aromatic heterocycles. The number of nitrogens with one attached hydrogen (secondary N) is 1. The van der Waals surface area contributed by atoms with Gasteiger partial charge in [0, 0.05) is 22.1 Å². The highest BCUT2D eigenvalue weighted by molar-refractivity contribution is 9.10. The maximum absolute atomic E-state index is 13.0. The molecule has 4 rings (SSSR count). The Kier molecular flexibility index (Phi) is 3.91. The van der Waals surface area contributed by atoms with Crippen LogP contribution in [0.5, 0.6) is 11.5 Å². The van der Waals surface area contributed by atoms with Gasteiger partial charge in [-0.2, -0.15) is 0 Å². The third-order valence-electron chi connectivity index (χ3n) is 5.27. The summed E-state index contributed by atoms with van der Waals surface area (Å²) in [5, 5.41) is 3.12. The number of amides is 2. The number of urea groups is 1. The van der Waals surface area contributed by atoms with Crippen molar-refractivity contribution in [3.8, 4) is 11.5 Å². The van der Waals surface area contributed by atoms with Gasteiger partial charge in [-0.15, -0.1) is 0 Å². The van der Waals surface area contributed by atoms with Crippen molar-refractivity contribution in [2.45, 2.75) is 39.0 Å². The molecular formula is C20H21BrN2O3. The molecule has 2 aliphatic rings. The number of aryl methyl sites for hydroxylation is 2. The largest absolute Gasteiger partial charge is 0.493 e. The van der Waals surface area contributed by atoms with Crippen molar-refractivity contribution >= 4 is 27.6 Å². The van der Waals surface area contributed by atoms with Crippen molar-refractivity contribution in [1.29, 1.82) is 0 Å². The summed E-state index contributed by atoms with van der Waals surface area (Å²) in [5.41, 5.74) is 3.30. The maximum atomic E-state index is 13.0. The zero-order valence-corrected chi connectivity index (χ0v) is 16.8. The predicted octanol–water partition coefficient (Wildman–Crippen LogP) is 4.84. The average Bonchev–Trinajstić information content (AvgIpc) is 2.57. The lowest BCUT2D eigenvalue weighted by molar-refractivity contribution is 0.0349. The Morgan fingerprint density at radius 3 is 2.73 bits per heavy atom. The minimum absolute atomic E-state index is 0.120. The average molecular weight is 417 g/mol. The Morgan fingerprint density at radius 1 is 1.27 bits per heavy atom. The van der Waals surface area contributed by atoms with Crippen LogP contribution in [0.3, 0.4) is 0 Å². The van der Waals surface area contributed by atoms with Crippen LogP contribution in [0.4, 0.5) is 10.5 Å². The Labute approximate surface area is 161 Å². The lowest BCUT2D eigenvalue weighted by Gasteiger charge is -2.50. The van der Waals surface area contributed by atoms with Crippen LogP contribution in [0.25, 0.3) is 0 Å². The second kappa shape index (κ2) is 5.91. The Hall–Kier alpha value is -2.21. The molecule has 0 aliphatic carbocycles. The van der Waals surface area contributed by atoms with Crippen LogP contribution < -0.4 is 19.7 Å². The Balaban J connectivity index is 1.83. The summed E-state index contributed by atoms with van der Waals surface area (Å²) in [6, 6.07) is 9.60. The number of benzene rings is 2. The van der Waals surface area contributed by atoms with Gasteiger partial charge in [0.25, 0.3) is 0 Å². The van der Waals surface area contributed by atoms with Gasteiger partial charge in [-0.1, -0.05) is 22.0 Å². The van der Waals surface area contributed by atoms with E-state index in [9.17, 15) is 4.79 Å². The van der Waals surface area contributed by atoms with Gasteiger partial charge in [0.2, 0.25) is 0 Å². The van der Waals surface area contributed by atoms with E-state index in [1.165, 1.54) is 5.56 Å². The first-order chi connectivity index (χ1) is 12.3. The number of ether oxygens (including phenoxy) is 2. The minimum atomic E-state index is -0.789. The molecule has 1 fully saturated rings. The van der Waals surface area contributed by atoms with E-state index in [4.69, 9.17) is 9.47 Å². The molecule has 1 N–H and O–H groups in total. The van der Waals surface area contributed by atoms with Crippen molar-refractivity contribution < 1.29 is 14.3 Å². The molecule has 2 heterocycles. The molecule has 6 heteroatoms. The third kappa shape index (κ3) is 2.55. The Bertz CT molecular complexity index is 914. The highest BCUT2D eigenvalue weighted by Gasteiger charge is 2.50.